The molecule has 4 nitrogen and oxygen atoms in total. The van der Waals surface area contributed by atoms with Crippen molar-refractivity contribution in [2.24, 2.45) is 0 Å². The Morgan fingerprint density at radius 2 is 1.75 bits per heavy atom. The first-order valence-corrected chi connectivity index (χ1v) is 5.12. The summed E-state index contributed by atoms with van der Waals surface area (Å²) in [6.07, 6.45) is 0. The molecule has 1 saturated heterocycles. The molecule has 1 heterocycles. The van der Waals surface area contributed by atoms with E-state index in [2.05, 4.69) is 5.32 Å². The van der Waals surface area contributed by atoms with Crippen LogP contribution in [0.25, 0.3) is 0 Å². The molecule has 1 atom stereocenters. The van der Waals surface area contributed by atoms with E-state index in [-0.39, 0.29) is 11.9 Å². The molecule has 1 fully saturated rings. The summed E-state index contributed by atoms with van der Waals surface area (Å²) in [7, 11) is 1.48. The third kappa shape index (κ3) is 1.38. The number of benzene rings is 1. The number of nitrogens with one attached hydrogen (secondary N) is 1. The van der Waals surface area contributed by atoms with Crippen molar-refractivity contribution >= 4 is 11.9 Å². The molecule has 1 aromatic carbocycles. The van der Waals surface area contributed by atoms with Crippen LogP contribution in [0.4, 0.5) is 4.79 Å². The average Bonchev–Trinajstić information content (AvgIpc) is 2.45. The fourth-order valence-electron chi connectivity index (χ4n) is 1.86. The fourth-order valence-corrected chi connectivity index (χ4v) is 1.86. The van der Waals surface area contributed by atoms with Crippen LogP contribution in [-0.2, 0) is 10.3 Å². The molecule has 1 aliphatic heterocycles. The minimum Gasteiger partial charge on any atom is -0.319 e. The summed E-state index contributed by atoms with van der Waals surface area (Å²) < 4.78 is 0. The van der Waals surface area contributed by atoms with Crippen molar-refractivity contribution in [3.05, 3.63) is 35.4 Å². The summed E-state index contributed by atoms with van der Waals surface area (Å²) in [4.78, 5) is 24.5. The van der Waals surface area contributed by atoms with Gasteiger partial charge in [-0.1, -0.05) is 29.8 Å². The van der Waals surface area contributed by atoms with Crippen LogP contribution in [-0.4, -0.2) is 23.9 Å². The molecule has 1 aromatic rings. The Morgan fingerprint density at radius 1 is 1.19 bits per heavy atom. The van der Waals surface area contributed by atoms with Gasteiger partial charge in [0.1, 0.15) is 5.54 Å². The quantitative estimate of drug-likeness (QED) is 0.724. The number of carbonyl (C=O) groups excluding carboxylic acids is 2. The maximum Gasteiger partial charge on any atom is 0.325 e. The zero-order valence-electron chi connectivity index (χ0n) is 9.57. The van der Waals surface area contributed by atoms with E-state index in [1.165, 1.54) is 7.05 Å². The van der Waals surface area contributed by atoms with Crippen LogP contribution in [0.5, 0.6) is 0 Å². The largest absolute Gasteiger partial charge is 0.325 e. The summed E-state index contributed by atoms with van der Waals surface area (Å²) in [6, 6.07) is 7.24. The van der Waals surface area contributed by atoms with Crippen LogP contribution < -0.4 is 5.32 Å². The molecule has 1 N–H and O–H groups in total. The highest BCUT2D eigenvalue weighted by atomic mass is 16.2. The maximum atomic E-state index is 12.0. The van der Waals surface area contributed by atoms with E-state index in [1.54, 1.807) is 6.92 Å². The fraction of sp³-hybridized carbons (Fsp3) is 0.333. The van der Waals surface area contributed by atoms with Gasteiger partial charge in [-0.05, 0) is 19.4 Å². The SMILES string of the molecule is Cc1ccc(C2(C)NC(=O)N(C)C2=O)cc1. The van der Waals surface area contributed by atoms with Crippen LogP contribution in [0.3, 0.4) is 0 Å². The van der Waals surface area contributed by atoms with Crippen molar-refractivity contribution in [3.8, 4) is 0 Å². The van der Waals surface area contributed by atoms with Gasteiger partial charge in [0, 0.05) is 7.05 Å². The van der Waals surface area contributed by atoms with Crippen molar-refractivity contribution in [2.45, 2.75) is 19.4 Å². The van der Waals surface area contributed by atoms with Gasteiger partial charge in [-0.3, -0.25) is 9.69 Å². The number of likely N-dealkylation sites (N-methyl/N-ethyl adjacent to an activating group) is 1. The van der Waals surface area contributed by atoms with Gasteiger partial charge >= 0.3 is 6.03 Å². The van der Waals surface area contributed by atoms with Crippen LogP contribution in [0.15, 0.2) is 24.3 Å². The normalized spacial score (nSPS) is 24.8. The Labute approximate surface area is 94.2 Å². The molecule has 1 unspecified atom stereocenters. The lowest BCUT2D eigenvalue weighted by Crippen LogP contribution is -2.40. The second kappa shape index (κ2) is 3.33. The van der Waals surface area contributed by atoms with E-state index in [9.17, 15) is 9.59 Å². The molecule has 0 saturated carbocycles. The minimum atomic E-state index is -0.931. The molecule has 4 heteroatoms. The Kier molecular flexibility index (Phi) is 2.22. The van der Waals surface area contributed by atoms with Crippen LogP contribution >= 0.6 is 0 Å². The van der Waals surface area contributed by atoms with Crippen molar-refractivity contribution < 1.29 is 9.59 Å². The molecule has 0 aromatic heterocycles. The minimum absolute atomic E-state index is 0.221. The number of aryl methyl sites for hydroxylation is 1. The summed E-state index contributed by atoms with van der Waals surface area (Å²) in [5.74, 6) is -0.221. The highest BCUT2D eigenvalue weighted by Crippen LogP contribution is 2.27. The molecular formula is C12H14N2O2. The van der Waals surface area contributed by atoms with Gasteiger partial charge in [-0.2, -0.15) is 0 Å². The lowest BCUT2D eigenvalue weighted by atomic mass is 9.91. The molecule has 3 amide bonds. The average molecular weight is 218 g/mol. The number of urea groups is 1. The Bertz CT molecular complexity index is 453. The van der Waals surface area contributed by atoms with Crippen molar-refractivity contribution in [3.63, 3.8) is 0 Å². The highest BCUT2D eigenvalue weighted by molar-refractivity contribution is 6.06. The van der Waals surface area contributed by atoms with Crippen molar-refractivity contribution in [2.75, 3.05) is 7.05 Å². The van der Waals surface area contributed by atoms with Crippen molar-refractivity contribution in [1.82, 2.24) is 10.2 Å². The zero-order valence-corrected chi connectivity index (χ0v) is 9.57. The molecule has 1 aliphatic rings. The van der Waals surface area contributed by atoms with E-state index in [0.717, 1.165) is 16.0 Å². The van der Waals surface area contributed by atoms with E-state index in [4.69, 9.17) is 0 Å². The molecule has 0 spiro atoms. The first kappa shape index (κ1) is 10.7. The predicted molar refractivity (Wildman–Crippen MR) is 59.8 cm³/mol. The third-order valence-electron chi connectivity index (χ3n) is 3.02. The van der Waals surface area contributed by atoms with Gasteiger partial charge in [0.05, 0.1) is 0 Å². The number of carbonyl (C=O) groups is 2. The summed E-state index contributed by atoms with van der Waals surface area (Å²) >= 11 is 0. The number of rotatable bonds is 1. The number of hydrogen-bond donors (Lipinski definition) is 1. The van der Waals surface area contributed by atoms with Gasteiger partial charge in [0.25, 0.3) is 5.91 Å². The van der Waals surface area contributed by atoms with Gasteiger partial charge < -0.3 is 5.32 Å². The van der Waals surface area contributed by atoms with E-state index >= 15 is 0 Å². The van der Waals surface area contributed by atoms with Crippen LogP contribution in [0.2, 0.25) is 0 Å². The van der Waals surface area contributed by atoms with Gasteiger partial charge in [0.15, 0.2) is 0 Å². The third-order valence-corrected chi connectivity index (χ3v) is 3.02. The van der Waals surface area contributed by atoms with E-state index in [0.29, 0.717) is 0 Å². The number of imide groups is 1. The van der Waals surface area contributed by atoms with Gasteiger partial charge in [-0.15, -0.1) is 0 Å². The molecule has 16 heavy (non-hydrogen) atoms. The smallest absolute Gasteiger partial charge is 0.319 e. The van der Waals surface area contributed by atoms with Crippen LogP contribution in [0, 0.1) is 6.92 Å². The standard InChI is InChI=1S/C12H14N2O2/c1-8-4-6-9(7-5-8)12(2)10(15)14(3)11(16)13-12/h4-7H,1-3H3,(H,13,16). The second-order valence-corrected chi connectivity index (χ2v) is 4.29. The summed E-state index contributed by atoms with van der Waals surface area (Å²) in [5, 5.41) is 2.70. The first-order chi connectivity index (χ1) is 7.45. The topological polar surface area (TPSA) is 49.4 Å². The lowest BCUT2D eigenvalue weighted by Gasteiger charge is -2.21. The number of hydrogen-bond acceptors (Lipinski definition) is 2. The first-order valence-electron chi connectivity index (χ1n) is 5.12. The van der Waals surface area contributed by atoms with E-state index < -0.39 is 5.54 Å². The van der Waals surface area contributed by atoms with Crippen molar-refractivity contribution in [1.29, 1.82) is 0 Å². The molecule has 84 valence electrons. The molecule has 0 aliphatic carbocycles. The Balaban J connectivity index is 2.44. The number of nitrogens with zero attached hydrogens (tertiary/aromatic N) is 1. The maximum absolute atomic E-state index is 12.0. The Hall–Kier alpha value is -1.84. The summed E-state index contributed by atoms with van der Waals surface area (Å²) in [5.41, 5.74) is 0.998. The molecule has 2 rings (SSSR count). The zero-order chi connectivity index (χ0) is 11.9. The van der Waals surface area contributed by atoms with Gasteiger partial charge in [-0.25, -0.2) is 4.79 Å². The predicted octanol–water partition coefficient (Wildman–Crippen LogP) is 1.39. The lowest BCUT2D eigenvalue weighted by molar-refractivity contribution is -0.130. The van der Waals surface area contributed by atoms with E-state index in [1.807, 2.05) is 31.2 Å². The molecular weight excluding hydrogens is 204 g/mol. The van der Waals surface area contributed by atoms with Crippen LogP contribution in [0.1, 0.15) is 18.1 Å². The monoisotopic (exact) mass is 218 g/mol. The summed E-state index contributed by atoms with van der Waals surface area (Å²) in [6.45, 7) is 3.70. The number of amides is 3. The second-order valence-electron chi connectivity index (χ2n) is 4.29. The van der Waals surface area contributed by atoms with Gasteiger partial charge in [0.2, 0.25) is 0 Å². The highest BCUT2D eigenvalue weighted by Gasteiger charge is 2.47. The molecule has 0 radical (unpaired) electrons. The Morgan fingerprint density at radius 3 is 2.19 bits per heavy atom. The molecule has 0 bridgehead atoms.